The molecule has 1 aromatic carbocycles. The van der Waals surface area contributed by atoms with Gasteiger partial charge < -0.3 is 10.0 Å². The van der Waals surface area contributed by atoms with E-state index >= 15 is 0 Å². The molecule has 0 radical (unpaired) electrons. The summed E-state index contributed by atoms with van der Waals surface area (Å²) >= 11 is 0. The van der Waals surface area contributed by atoms with Gasteiger partial charge in [-0.3, -0.25) is 4.79 Å². The number of likely N-dealkylation sites (N-methyl/N-ethyl adjacent to an activating group) is 1. The van der Waals surface area contributed by atoms with E-state index in [4.69, 9.17) is 0 Å². The van der Waals surface area contributed by atoms with E-state index in [1.165, 1.54) is 5.56 Å². The van der Waals surface area contributed by atoms with Crippen molar-refractivity contribution >= 4 is 5.97 Å². The highest BCUT2D eigenvalue weighted by atomic mass is 16.4. The van der Waals surface area contributed by atoms with Gasteiger partial charge in [0.05, 0.1) is 5.92 Å². The Balaban J connectivity index is 2.25. The maximum Gasteiger partial charge on any atom is 0.308 e. The first-order chi connectivity index (χ1) is 7.58. The van der Waals surface area contributed by atoms with Crippen LogP contribution in [0.1, 0.15) is 17.0 Å². The fourth-order valence-electron chi connectivity index (χ4n) is 2.40. The summed E-state index contributed by atoms with van der Waals surface area (Å²) in [6.45, 7) is 3.52. The molecule has 1 aliphatic heterocycles. The van der Waals surface area contributed by atoms with Crippen LogP contribution in [0.15, 0.2) is 24.3 Å². The summed E-state index contributed by atoms with van der Waals surface area (Å²) in [5.74, 6) is -0.828. The monoisotopic (exact) mass is 219 g/mol. The number of hydrogen-bond acceptors (Lipinski definition) is 2. The first-order valence-corrected chi connectivity index (χ1v) is 5.56. The molecule has 1 aromatic rings. The summed E-state index contributed by atoms with van der Waals surface area (Å²) < 4.78 is 0. The Hall–Kier alpha value is -1.35. The lowest BCUT2D eigenvalue weighted by Crippen LogP contribution is -2.21. The number of likely N-dealkylation sites (tertiary alicyclic amines) is 1. The molecule has 1 heterocycles. The summed E-state index contributed by atoms with van der Waals surface area (Å²) in [6.07, 6.45) is 0. The number of carboxylic acid groups (broad SMARTS) is 1. The number of benzene rings is 1. The number of carbonyl (C=O) groups is 1. The fraction of sp³-hybridized carbons (Fsp3) is 0.462. The third-order valence-corrected chi connectivity index (χ3v) is 3.33. The van der Waals surface area contributed by atoms with E-state index in [2.05, 4.69) is 17.0 Å². The molecule has 2 rings (SSSR count). The minimum atomic E-state index is -0.685. The van der Waals surface area contributed by atoms with Crippen molar-refractivity contribution in [1.29, 1.82) is 0 Å². The van der Waals surface area contributed by atoms with E-state index in [1.807, 2.05) is 26.1 Å². The molecule has 86 valence electrons. The Morgan fingerprint density at radius 2 is 1.94 bits per heavy atom. The lowest BCUT2D eigenvalue weighted by atomic mass is 9.89. The van der Waals surface area contributed by atoms with Crippen molar-refractivity contribution < 1.29 is 9.90 Å². The van der Waals surface area contributed by atoms with Crippen molar-refractivity contribution in [2.75, 3.05) is 20.1 Å². The SMILES string of the molecule is Cc1ccc([C@H]2CN(C)C[C@@H]2C(=O)O)cc1. The van der Waals surface area contributed by atoms with Gasteiger partial charge in [-0.2, -0.15) is 0 Å². The largest absolute Gasteiger partial charge is 0.481 e. The first kappa shape index (κ1) is 11.1. The Morgan fingerprint density at radius 1 is 1.31 bits per heavy atom. The highest BCUT2D eigenvalue weighted by Crippen LogP contribution is 2.32. The molecule has 3 nitrogen and oxygen atoms in total. The minimum absolute atomic E-state index is 0.128. The maximum atomic E-state index is 11.2. The molecule has 3 heteroatoms. The topological polar surface area (TPSA) is 40.5 Å². The first-order valence-electron chi connectivity index (χ1n) is 5.56. The van der Waals surface area contributed by atoms with Crippen LogP contribution in [0, 0.1) is 12.8 Å². The highest BCUT2D eigenvalue weighted by Gasteiger charge is 2.36. The van der Waals surface area contributed by atoms with Gasteiger partial charge in [0.15, 0.2) is 0 Å². The van der Waals surface area contributed by atoms with Gasteiger partial charge in [0.2, 0.25) is 0 Å². The zero-order valence-electron chi connectivity index (χ0n) is 9.68. The molecule has 1 fully saturated rings. The number of nitrogens with zero attached hydrogens (tertiary/aromatic N) is 1. The molecule has 2 atom stereocenters. The van der Waals surface area contributed by atoms with E-state index in [1.54, 1.807) is 0 Å². The maximum absolute atomic E-state index is 11.2. The van der Waals surface area contributed by atoms with Gasteiger partial charge in [-0.05, 0) is 19.5 Å². The van der Waals surface area contributed by atoms with Crippen molar-refractivity contribution in [2.45, 2.75) is 12.8 Å². The van der Waals surface area contributed by atoms with E-state index < -0.39 is 5.97 Å². The van der Waals surface area contributed by atoms with Crippen LogP contribution in [-0.4, -0.2) is 36.1 Å². The number of rotatable bonds is 2. The molecule has 0 aliphatic carbocycles. The Kier molecular flexibility index (Phi) is 2.97. The summed E-state index contributed by atoms with van der Waals surface area (Å²) in [5.41, 5.74) is 2.35. The van der Waals surface area contributed by atoms with E-state index in [-0.39, 0.29) is 11.8 Å². The Labute approximate surface area is 95.7 Å². The molecule has 0 bridgehead atoms. The molecule has 1 saturated heterocycles. The summed E-state index contributed by atoms with van der Waals surface area (Å²) in [6, 6.07) is 8.20. The van der Waals surface area contributed by atoms with Crippen LogP contribution >= 0.6 is 0 Å². The lowest BCUT2D eigenvalue weighted by Gasteiger charge is -2.15. The standard InChI is InChI=1S/C13H17NO2/c1-9-3-5-10(6-4-9)11-7-14(2)8-12(11)13(15)16/h3-6,11-12H,7-8H2,1-2H3,(H,15,16)/t11-,12+/m1/s1. The van der Waals surface area contributed by atoms with Gasteiger partial charge in [0, 0.05) is 19.0 Å². The molecule has 1 N–H and O–H groups in total. The zero-order chi connectivity index (χ0) is 11.7. The second kappa shape index (κ2) is 4.26. The summed E-state index contributed by atoms with van der Waals surface area (Å²) in [5, 5.41) is 9.19. The van der Waals surface area contributed by atoms with Crippen LogP contribution in [0.3, 0.4) is 0 Å². The third kappa shape index (κ3) is 2.09. The predicted molar refractivity (Wildman–Crippen MR) is 62.5 cm³/mol. The quantitative estimate of drug-likeness (QED) is 0.823. The molecule has 0 amide bonds. The third-order valence-electron chi connectivity index (χ3n) is 3.33. The van der Waals surface area contributed by atoms with Crippen molar-refractivity contribution in [2.24, 2.45) is 5.92 Å². The van der Waals surface area contributed by atoms with Crippen LogP contribution in [-0.2, 0) is 4.79 Å². The van der Waals surface area contributed by atoms with Crippen LogP contribution in [0.4, 0.5) is 0 Å². The second-order valence-electron chi connectivity index (χ2n) is 4.68. The molecule has 0 saturated carbocycles. The molecule has 0 aromatic heterocycles. The van der Waals surface area contributed by atoms with Gasteiger partial charge in [-0.1, -0.05) is 29.8 Å². The van der Waals surface area contributed by atoms with E-state index in [9.17, 15) is 9.90 Å². The average molecular weight is 219 g/mol. The Bertz CT molecular complexity index is 385. The molecule has 0 spiro atoms. The van der Waals surface area contributed by atoms with Crippen LogP contribution in [0.5, 0.6) is 0 Å². The normalized spacial score (nSPS) is 25.9. The smallest absolute Gasteiger partial charge is 0.308 e. The number of aliphatic carboxylic acids is 1. The number of hydrogen-bond donors (Lipinski definition) is 1. The van der Waals surface area contributed by atoms with Gasteiger partial charge in [-0.15, -0.1) is 0 Å². The fourth-order valence-corrected chi connectivity index (χ4v) is 2.40. The molecule has 16 heavy (non-hydrogen) atoms. The summed E-state index contributed by atoms with van der Waals surface area (Å²) in [4.78, 5) is 13.3. The molecule has 1 aliphatic rings. The number of carboxylic acids is 1. The molecule has 0 unspecified atom stereocenters. The van der Waals surface area contributed by atoms with Crippen LogP contribution in [0.25, 0.3) is 0 Å². The van der Waals surface area contributed by atoms with Crippen molar-refractivity contribution in [3.05, 3.63) is 35.4 Å². The minimum Gasteiger partial charge on any atom is -0.481 e. The van der Waals surface area contributed by atoms with Crippen LogP contribution in [0.2, 0.25) is 0 Å². The number of aryl methyl sites for hydroxylation is 1. The van der Waals surface area contributed by atoms with Crippen LogP contribution < -0.4 is 0 Å². The average Bonchev–Trinajstić information content (AvgIpc) is 2.61. The highest BCUT2D eigenvalue weighted by molar-refractivity contribution is 5.72. The Morgan fingerprint density at radius 3 is 2.50 bits per heavy atom. The van der Waals surface area contributed by atoms with E-state index in [0.717, 1.165) is 12.1 Å². The van der Waals surface area contributed by atoms with Crippen molar-refractivity contribution in [1.82, 2.24) is 4.90 Å². The van der Waals surface area contributed by atoms with Crippen molar-refractivity contribution in [3.63, 3.8) is 0 Å². The van der Waals surface area contributed by atoms with Gasteiger partial charge >= 0.3 is 5.97 Å². The van der Waals surface area contributed by atoms with Gasteiger partial charge in [-0.25, -0.2) is 0 Å². The second-order valence-corrected chi connectivity index (χ2v) is 4.68. The lowest BCUT2D eigenvalue weighted by molar-refractivity contribution is -0.141. The predicted octanol–water partition coefficient (Wildman–Crippen LogP) is 1.72. The zero-order valence-corrected chi connectivity index (χ0v) is 9.68. The molecular formula is C13H17NO2. The summed E-state index contributed by atoms with van der Waals surface area (Å²) in [7, 11) is 1.98. The molecular weight excluding hydrogens is 202 g/mol. The van der Waals surface area contributed by atoms with E-state index in [0.29, 0.717) is 6.54 Å². The van der Waals surface area contributed by atoms with Gasteiger partial charge in [0.1, 0.15) is 0 Å². The van der Waals surface area contributed by atoms with Crippen molar-refractivity contribution in [3.8, 4) is 0 Å². The van der Waals surface area contributed by atoms with Gasteiger partial charge in [0.25, 0.3) is 0 Å².